The van der Waals surface area contributed by atoms with Gasteiger partial charge in [0.2, 0.25) is 5.91 Å². The average Bonchev–Trinajstić information content (AvgIpc) is 2.94. The molecule has 10 nitrogen and oxygen atoms in total. The molecule has 1 saturated heterocycles. The summed E-state index contributed by atoms with van der Waals surface area (Å²) in [5.74, 6) is -1.02. The molecule has 1 aromatic carbocycles. The normalized spacial score (nSPS) is 17.5. The lowest BCUT2D eigenvalue weighted by molar-refractivity contribution is -0.128. The van der Waals surface area contributed by atoms with Crippen LogP contribution < -0.4 is 10.1 Å². The highest BCUT2D eigenvalue weighted by Crippen LogP contribution is 2.45. The summed E-state index contributed by atoms with van der Waals surface area (Å²) in [6, 6.07) is 5.42. The number of amides is 1. The average molecular weight is 581 g/mol. The number of piperazine rings is 1. The first-order valence-corrected chi connectivity index (χ1v) is 13.5. The molecule has 2 aliphatic heterocycles. The van der Waals surface area contributed by atoms with Crippen molar-refractivity contribution < 1.29 is 24.1 Å². The number of fused-ring (bicyclic) bond motifs is 2. The van der Waals surface area contributed by atoms with Crippen LogP contribution in [-0.4, -0.2) is 74.0 Å². The summed E-state index contributed by atoms with van der Waals surface area (Å²) in [5.41, 5.74) is 1.48. The van der Waals surface area contributed by atoms with Crippen molar-refractivity contribution in [1.82, 2.24) is 19.8 Å². The molecule has 4 N–H and O–H groups in total. The summed E-state index contributed by atoms with van der Waals surface area (Å²) in [6.45, 7) is 8.32. The van der Waals surface area contributed by atoms with E-state index in [0.29, 0.717) is 37.4 Å². The van der Waals surface area contributed by atoms with Gasteiger partial charge in [-0.05, 0) is 43.7 Å². The van der Waals surface area contributed by atoms with E-state index < -0.39 is 11.9 Å². The van der Waals surface area contributed by atoms with E-state index >= 15 is 4.39 Å². The number of amidine groups is 1. The largest absolute Gasteiger partial charge is 0.507 e. The van der Waals surface area contributed by atoms with Crippen LogP contribution in [0.25, 0.3) is 11.3 Å². The van der Waals surface area contributed by atoms with Crippen LogP contribution in [0.4, 0.5) is 15.9 Å². The maximum Gasteiger partial charge on any atom is 0.246 e. The Morgan fingerprint density at radius 1 is 1.34 bits per heavy atom. The van der Waals surface area contributed by atoms with Crippen LogP contribution >= 0.6 is 11.6 Å². The van der Waals surface area contributed by atoms with Gasteiger partial charge in [0.05, 0.1) is 35.7 Å². The number of aromatic hydroxyl groups is 1. The fourth-order valence-electron chi connectivity index (χ4n) is 5.24. The fourth-order valence-corrected chi connectivity index (χ4v) is 5.53. The first-order valence-electron chi connectivity index (χ1n) is 13.1. The minimum atomic E-state index is -0.933. The molecular formula is C29H30ClFN6O4. The topological polar surface area (TPSA) is 135 Å². The molecule has 0 radical (unpaired) electrons. The molecule has 2 aliphatic rings. The van der Waals surface area contributed by atoms with Crippen molar-refractivity contribution in [3.8, 4) is 22.8 Å². The van der Waals surface area contributed by atoms with Gasteiger partial charge < -0.3 is 30.1 Å². The van der Waals surface area contributed by atoms with Gasteiger partial charge >= 0.3 is 0 Å². The molecule has 0 bridgehead atoms. The number of nitrogens with one attached hydrogen (secondary N) is 2. The molecule has 2 unspecified atom stereocenters. The van der Waals surface area contributed by atoms with Crippen LogP contribution in [0.2, 0.25) is 5.02 Å². The molecule has 41 heavy (non-hydrogen) atoms. The van der Waals surface area contributed by atoms with Gasteiger partial charge in [-0.2, -0.15) is 0 Å². The van der Waals surface area contributed by atoms with Gasteiger partial charge in [0.1, 0.15) is 39.5 Å². The number of pyridine rings is 2. The Morgan fingerprint density at radius 3 is 2.83 bits per heavy atom. The Hall–Kier alpha value is -4.22. The predicted octanol–water partition coefficient (Wildman–Crippen LogP) is 4.55. The highest BCUT2D eigenvalue weighted by molar-refractivity contribution is 6.35. The van der Waals surface area contributed by atoms with Crippen molar-refractivity contribution >= 4 is 34.8 Å². The smallest absolute Gasteiger partial charge is 0.246 e. The zero-order chi connectivity index (χ0) is 29.4. The third-order valence-electron chi connectivity index (χ3n) is 7.34. The lowest BCUT2D eigenvalue weighted by atomic mass is 10.0. The molecule has 4 heterocycles. The third kappa shape index (κ3) is 5.18. The second kappa shape index (κ2) is 11.3. The van der Waals surface area contributed by atoms with Crippen molar-refractivity contribution in [2.75, 3.05) is 31.6 Å². The summed E-state index contributed by atoms with van der Waals surface area (Å²) < 4.78 is 21.2. The first-order chi connectivity index (χ1) is 19.6. The highest BCUT2D eigenvalue weighted by Gasteiger charge is 2.37. The van der Waals surface area contributed by atoms with Crippen LogP contribution in [0, 0.1) is 18.2 Å². The van der Waals surface area contributed by atoms with E-state index in [2.05, 4.69) is 21.9 Å². The summed E-state index contributed by atoms with van der Waals surface area (Å²) >= 11 is 6.82. The van der Waals surface area contributed by atoms with Crippen LogP contribution in [0.1, 0.15) is 36.3 Å². The first kappa shape index (κ1) is 28.3. The molecule has 0 saturated carbocycles. The maximum atomic E-state index is 15.1. The van der Waals surface area contributed by atoms with Gasteiger partial charge in [0.15, 0.2) is 5.75 Å². The number of anilines is 2. The van der Waals surface area contributed by atoms with E-state index in [0.717, 1.165) is 5.56 Å². The molecule has 2 aromatic heterocycles. The number of aliphatic hydroxyl groups is 1. The predicted molar refractivity (Wildman–Crippen MR) is 153 cm³/mol. The Bertz CT molecular complexity index is 1530. The summed E-state index contributed by atoms with van der Waals surface area (Å²) in [4.78, 5) is 24.8. The van der Waals surface area contributed by atoms with E-state index in [1.165, 1.54) is 24.3 Å². The monoisotopic (exact) mass is 580 g/mol. The van der Waals surface area contributed by atoms with Crippen LogP contribution in [0.15, 0.2) is 43.1 Å². The van der Waals surface area contributed by atoms with Crippen LogP contribution in [-0.2, 0) is 4.79 Å². The van der Waals surface area contributed by atoms with Gasteiger partial charge in [0.25, 0.3) is 0 Å². The van der Waals surface area contributed by atoms with E-state index in [9.17, 15) is 20.4 Å². The quantitative estimate of drug-likeness (QED) is 0.323. The maximum absolute atomic E-state index is 15.1. The highest BCUT2D eigenvalue weighted by atomic mass is 35.5. The zero-order valence-electron chi connectivity index (χ0n) is 22.6. The molecule has 1 fully saturated rings. The Kier molecular flexibility index (Phi) is 7.83. The minimum absolute atomic E-state index is 0.0525. The molecule has 0 spiro atoms. The Morgan fingerprint density at radius 2 is 2.12 bits per heavy atom. The molecule has 0 aliphatic carbocycles. The molecule has 5 rings (SSSR count). The van der Waals surface area contributed by atoms with Crippen molar-refractivity contribution in [2.45, 2.75) is 32.4 Å². The number of halogens is 2. The van der Waals surface area contributed by atoms with E-state index in [-0.39, 0.29) is 63.6 Å². The number of nitrogens with zero attached hydrogens (tertiary/aromatic N) is 4. The second-order valence-corrected chi connectivity index (χ2v) is 10.3. The van der Waals surface area contributed by atoms with Crippen molar-refractivity contribution in [1.29, 1.82) is 5.41 Å². The minimum Gasteiger partial charge on any atom is -0.507 e. The standard InChI is InChI=1S/C29H30ClFN6O4/c1-4-20(40)36-11-12-37-17(14-36)9-13-41-27-22(28(37)32)29(34-24-15(2)8-10-33-25(24)16(3)38)35-26(23(27)30)21-18(31)6-5-7-19(21)39/h4-8,10,16-17,32,38-39H,1,9,11-14H2,2-3H3,(H,34,35). The van der Waals surface area contributed by atoms with Crippen LogP contribution in [0.3, 0.4) is 0 Å². The number of aryl methyl sites for hydroxylation is 1. The van der Waals surface area contributed by atoms with Crippen molar-refractivity contribution in [3.63, 3.8) is 0 Å². The zero-order valence-corrected chi connectivity index (χ0v) is 23.4. The van der Waals surface area contributed by atoms with E-state index in [1.54, 1.807) is 24.1 Å². The fraction of sp³-hybridized carbons (Fsp3) is 0.310. The molecule has 12 heteroatoms. The number of carbonyl (C=O) groups is 1. The lowest BCUT2D eigenvalue weighted by Gasteiger charge is -2.44. The number of phenolic OH excluding ortho intramolecular Hbond substituents is 1. The Balaban J connectivity index is 1.71. The van der Waals surface area contributed by atoms with Crippen molar-refractivity contribution in [3.05, 3.63) is 70.8 Å². The number of benzene rings is 1. The molecular weight excluding hydrogens is 551 g/mol. The summed E-state index contributed by atoms with van der Waals surface area (Å²) in [6.07, 6.45) is 2.40. The SMILES string of the molecule is C=CC(=O)N1CCN2C(=N)c3c(Nc4c(C)ccnc4C(C)O)nc(-c4c(O)cccc4F)c(Cl)c3OCCC2C1. The molecule has 3 aromatic rings. The van der Waals surface area contributed by atoms with Gasteiger partial charge in [-0.25, -0.2) is 9.37 Å². The van der Waals surface area contributed by atoms with Gasteiger partial charge in [-0.3, -0.25) is 15.2 Å². The number of phenols is 1. The molecule has 214 valence electrons. The summed E-state index contributed by atoms with van der Waals surface area (Å²) in [7, 11) is 0. The second-order valence-electron chi connectivity index (χ2n) is 9.97. The van der Waals surface area contributed by atoms with Gasteiger partial charge in [-0.1, -0.05) is 24.2 Å². The number of ether oxygens (including phenoxy) is 1. The van der Waals surface area contributed by atoms with E-state index in [1.807, 2.05) is 11.8 Å². The number of carbonyl (C=O) groups excluding carboxylic acids is 1. The van der Waals surface area contributed by atoms with Crippen LogP contribution in [0.5, 0.6) is 11.5 Å². The number of hydrogen-bond donors (Lipinski definition) is 4. The van der Waals surface area contributed by atoms with Gasteiger partial charge in [-0.15, -0.1) is 0 Å². The third-order valence-corrected chi connectivity index (χ3v) is 7.69. The number of rotatable bonds is 5. The number of aliphatic hydroxyl groups excluding tert-OH is 1. The van der Waals surface area contributed by atoms with Crippen molar-refractivity contribution in [2.24, 2.45) is 0 Å². The molecule has 2 atom stereocenters. The Labute approximate surface area is 241 Å². The summed E-state index contributed by atoms with van der Waals surface area (Å²) in [5, 5.41) is 33.5. The van der Waals surface area contributed by atoms with E-state index in [4.69, 9.17) is 16.3 Å². The number of hydrogen-bond acceptors (Lipinski definition) is 8. The van der Waals surface area contributed by atoms with Gasteiger partial charge in [0, 0.05) is 32.3 Å². The molecule has 1 amide bonds. The lowest BCUT2D eigenvalue weighted by Crippen LogP contribution is -2.57. The number of aromatic nitrogens is 2.